The van der Waals surface area contributed by atoms with Crippen LogP contribution in [0, 0.1) is 5.41 Å². The van der Waals surface area contributed by atoms with Crippen LogP contribution in [0.1, 0.15) is 67.7 Å². The first-order chi connectivity index (χ1) is 24.7. The Morgan fingerprint density at radius 2 is 1.63 bits per heavy atom. The molecule has 1 aromatic heterocycles. The Labute approximate surface area is 297 Å². The number of fused-ring (bicyclic) bond motifs is 1. The van der Waals surface area contributed by atoms with Crippen LogP contribution in [-0.2, 0) is 9.53 Å². The van der Waals surface area contributed by atoms with Crippen LogP contribution < -0.4 is 10.1 Å². The highest BCUT2D eigenvalue weighted by Crippen LogP contribution is 2.60. The van der Waals surface area contributed by atoms with Crippen molar-refractivity contribution in [3.8, 4) is 5.88 Å². The zero-order valence-electron chi connectivity index (χ0n) is 28.9. The lowest BCUT2D eigenvalue weighted by atomic mass is 9.63. The Morgan fingerprint density at radius 1 is 0.961 bits per heavy atom. The number of alkyl halides is 3. The summed E-state index contributed by atoms with van der Waals surface area (Å²) in [6, 6.07) is 22.7. The lowest BCUT2D eigenvalue weighted by Gasteiger charge is -2.44. The predicted octanol–water partition coefficient (Wildman–Crippen LogP) is 8.20. The fourth-order valence-electron chi connectivity index (χ4n) is 8.22. The number of anilines is 1. The first-order valence-corrected chi connectivity index (χ1v) is 18.0. The number of esters is 1. The number of halogens is 3. The second kappa shape index (κ2) is 15.1. The van der Waals surface area contributed by atoms with Crippen molar-refractivity contribution in [2.24, 2.45) is 5.41 Å². The van der Waals surface area contributed by atoms with Crippen LogP contribution in [0.5, 0.6) is 5.88 Å². The summed E-state index contributed by atoms with van der Waals surface area (Å²) in [6.07, 6.45) is 5.76. The van der Waals surface area contributed by atoms with Crippen molar-refractivity contribution in [3.63, 3.8) is 0 Å². The molecule has 1 N–H and O–H groups in total. The van der Waals surface area contributed by atoms with Gasteiger partial charge in [-0.2, -0.15) is 13.2 Å². The number of carbonyl (C=O) groups excluding carboxylic acids is 1. The van der Waals surface area contributed by atoms with E-state index < -0.39 is 23.5 Å². The molecule has 4 aliphatic rings. The number of rotatable bonds is 10. The second-order valence-corrected chi connectivity index (χ2v) is 14.0. The molecule has 2 aliphatic carbocycles. The maximum Gasteiger partial charge on any atom is 0.399 e. The number of benzene rings is 2. The number of allylic oxidation sites excluding steroid dienone is 5. The third kappa shape index (κ3) is 7.21. The number of hydrogen-bond acceptors (Lipinski definition) is 7. The van der Waals surface area contributed by atoms with Gasteiger partial charge < -0.3 is 14.8 Å². The van der Waals surface area contributed by atoms with Crippen LogP contribution in [0.2, 0.25) is 0 Å². The molecule has 2 aromatic carbocycles. The van der Waals surface area contributed by atoms with Crippen molar-refractivity contribution < 1.29 is 27.4 Å². The summed E-state index contributed by atoms with van der Waals surface area (Å²) in [6.45, 7) is 5.37. The van der Waals surface area contributed by atoms with E-state index in [-0.39, 0.29) is 42.2 Å². The molecule has 7 rings (SSSR count). The van der Waals surface area contributed by atoms with E-state index in [9.17, 15) is 4.79 Å². The molecule has 268 valence electrons. The highest BCUT2D eigenvalue weighted by Gasteiger charge is 2.61. The summed E-state index contributed by atoms with van der Waals surface area (Å²) in [5.41, 5.74) is 1.09. The van der Waals surface area contributed by atoms with Gasteiger partial charge in [0.1, 0.15) is 12.7 Å². The van der Waals surface area contributed by atoms with E-state index in [1.165, 1.54) is 29.4 Å². The van der Waals surface area contributed by atoms with Gasteiger partial charge in [-0.05, 0) is 56.2 Å². The van der Waals surface area contributed by atoms with E-state index in [2.05, 4.69) is 68.6 Å². The fraction of sp³-hybridized carbons (Fsp3) is 0.415. The third-order valence-corrected chi connectivity index (χ3v) is 10.8. The van der Waals surface area contributed by atoms with Gasteiger partial charge in [0.05, 0.1) is 17.0 Å². The topological polar surface area (TPSA) is 66.9 Å². The van der Waals surface area contributed by atoms with Crippen molar-refractivity contribution in [2.75, 3.05) is 44.6 Å². The fourth-order valence-corrected chi connectivity index (χ4v) is 8.22. The van der Waals surface area contributed by atoms with Gasteiger partial charge in [-0.3, -0.25) is 9.80 Å². The summed E-state index contributed by atoms with van der Waals surface area (Å²) in [4.78, 5) is 23.2. The van der Waals surface area contributed by atoms with Gasteiger partial charge in [-0.15, -0.1) is 0 Å². The zero-order chi connectivity index (χ0) is 35.4. The molecule has 3 heterocycles. The molecule has 10 heteroatoms. The normalized spacial score (nSPS) is 23.0. The summed E-state index contributed by atoms with van der Waals surface area (Å²) in [5.74, 6) is -2.03. The van der Waals surface area contributed by atoms with E-state index in [1.54, 1.807) is 25.3 Å². The van der Waals surface area contributed by atoms with E-state index in [0.29, 0.717) is 17.9 Å². The zero-order valence-corrected chi connectivity index (χ0v) is 28.9. The number of aromatic nitrogens is 1. The van der Waals surface area contributed by atoms with Crippen LogP contribution >= 0.6 is 0 Å². The first-order valence-electron chi connectivity index (χ1n) is 18.0. The molecule has 1 saturated heterocycles. The van der Waals surface area contributed by atoms with Gasteiger partial charge in [-0.25, -0.2) is 9.78 Å². The number of carbonyl (C=O) groups is 1. The molecule has 2 fully saturated rings. The third-order valence-electron chi connectivity index (χ3n) is 10.8. The van der Waals surface area contributed by atoms with Gasteiger partial charge in [0.25, 0.3) is 0 Å². The molecule has 2 atom stereocenters. The van der Waals surface area contributed by atoms with E-state index in [0.717, 1.165) is 51.9 Å². The molecular weight excluding hydrogens is 653 g/mol. The number of ether oxygens (including phenoxy) is 2. The van der Waals surface area contributed by atoms with Crippen molar-refractivity contribution >= 4 is 11.7 Å². The van der Waals surface area contributed by atoms with Crippen molar-refractivity contribution in [1.29, 1.82) is 0 Å². The van der Waals surface area contributed by atoms with E-state index >= 15 is 13.2 Å². The van der Waals surface area contributed by atoms with Gasteiger partial charge in [-0.1, -0.05) is 85.0 Å². The summed E-state index contributed by atoms with van der Waals surface area (Å²) >= 11 is 0. The molecule has 2 aliphatic heterocycles. The molecule has 0 amide bonds. The quantitative estimate of drug-likeness (QED) is 0.214. The van der Waals surface area contributed by atoms with Crippen LogP contribution in [-0.4, -0.2) is 72.4 Å². The van der Waals surface area contributed by atoms with Crippen molar-refractivity contribution in [3.05, 3.63) is 125 Å². The monoisotopic (exact) mass is 698 g/mol. The maximum atomic E-state index is 15.4. The summed E-state index contributed by atoms with van der Waals surface area (Å²) in [7, 11) is 0. The Balaban J connectivity index is 1.08. The number of nitrogens with zero attached hydrogens (tertiary/aromatic N) is 3. The van der Waals surface area contributed by atoms with Crippen LogP contribution in [0.4, 0.5) is 18.9 Å². The predicted molar refractivity (Wildman–Crippen MR) is 191 cm³/mol. The van der Waals surface area contributed by atoms with Gasteiger partial charge >= 0.3 is 12.1 Å². The van der Waals surface area contributed by atoms with E-state index in [4.69, 9.17) is 9.47 Å². The average Bonchev–Trinajstić information content (AvgIpc) is 3.66. The largest absolute Gasteiger partial charge is 0.474 e. The van der Waals surface area contributed by atoms with Crippen LogP contribution in [0.3, 0.4) is 0 Å². The molecular formula is C41H45F3N4O3. The van der Waals surface area contributed by atoms with Crippen molar-refractivity contribution in [1.82, 2.24) is 14.8 Å². The molecule has 7 nitrogen and oxygen atoms in total. The van der Waals surface area contributed by atoms with Crippen LogP contribution in [0.25, 0.3) is 0 Å². The summed E-state index contributed by atoms with van der Waals surface area (Å²) < 4.78 is 58.5. The Kier molecular flexibility index (Phi) is 10.3. The first kappa shape index (κ1) is 35.0. The second-order valence-electron chi connectivity index (χ2n) is 14.0. The SMILES string of the molecule is CC1=C(C(=O)OCCN2CCN(C(c3ccccc3)c3ccccc3)CC2)C([C@]2(C(F)(F)F)C=CC=CC2)c2c(ccnc2OC2CCCC2)N1. The Hall–Kier alpha value is -4.41. The maximum absolute atomic E-state index is 15.4. The number of nitrogens with one attached hydrogen (secondary N) is 1. The molecule has 1 saturated carbocycles. The Bertz CT molecular complexity index is 1720. The standard InChI is InChI=1S/C41H45F3N4O3/c1-29-34(39(49)50-28-27-47-23-25-48(26-24-47)37(30-13-5-2-6-14-30)31-15-7-3-8-16-31)36(40(41(42,43)44)20-11-4-12-21-40)35-33(46-29)19-22-45-38(35)51-32-17-9-10-18-32/h2-8,11-16,19-20,22,32,36-37,46H,9-10,17-18,21,23-28H2,1H3/t36?,40-/m0/s1. The number of hydrogen-bond donors (Lipinski definition) is 1. The Morgan fingerprint density at radius 3 is 2.24 bits per heavy atom. The lowest BCUT2D eigenvalue weighted by molar-refractivity contribution is -0.211. The minimum atomic E-state index is -4.68. The molecule has 51 heavy (non-hydrogen) atoms. The van der Waals surface area contributed by atoms with Crippen LogP contribution in [0.15, 0.2) is 109 Å². The molecule has 3 aromatic rings. The van der Waals surface area contributed by atoms with E-state index in [1.807, 2.05) is 12.1 Å². The minimum Gasteiger partial charge on any atom is -0.474 e. The minimum absolute atomic E-state index is 0.0394. The highest BCUT2D eigenvalue weighted by molar-refractivity contribution is 5.94. The van der Waals surface area contributed by atoms with Gasteiger partial charge in [0, 0.05) is 61.8 Å². The molecule has 1 unspecified atom stereocenters. The number of pyridine rings is 1. The summed E-state index contributed by atoms with van der Waals surface area (Å²) in [5, 5.41) is 3.21. The van der Waals surface area contributed by atoms with Gasteiger partial charge in [0.2, 0.25) is 5.88 Å². The highest BCUT2D eigenvalue weighted by atomic mass is 19.4. The molecule has 0 radical (unpaired) electrons. The molecule has 0 spiro atoms. The lowest BCUT2D eigenvalue weighted by Crippen LogP contribution is -2.48. The molecule has 0 bridgehead atoms. The smallest absolute Gasteiger partial charge is 0.399 e. The van der Waals surface area contributed by atoms with Gasteiger partial charge in [0.15, 0.2) is 0 Å². The average molecular weight is 699 g/mol. The van der Waals surface area contributed by atoms with Crippen molar-refractivity contribution in [2.45, 2.75) is 63.3 Å². The number of piperazine rings is 1.